The third-order valence-corrected chi connectivity index (χ3v) is 5.43. The molecule has 7 nitrogen and oxygen atoms in total. The Morgan fingerprint density at radius 1 is 1.42 bits per heavy atom. The van der Waals surface area contributed by atoms with Crippen LogP contribution in [0.4, 0.5) is 4.79 Å². The van der Waals surface area contributed by atoms with E-state index in [1.54, 1.807) is 18.2 Å². The minimum Gasteiger partial charge on any atom is -0.493 e. The molecule has 1 fully saturated rings. The molecule has 0 radical (unpaired) electrons. The normalized spacial score (nSPS) is 16.9. The highest BCUT2D eigenvalue weighted by Gasteiger charge is 2.37. The summed E-state index contributed by atoms with van der Waals surface area (Å²) in [7, 11) is 1.44. The molecule has 1 aliphatic heterocycles. The lowest BCUT2D eigenvalue weighted by Gasteiger charge is -2.19. The predicted octanol–water partition coefficient (Wildman–Crippen LogP) is 3.60. The van der Waals surface area contributed by atoms with E-state index in [1.807, 2.05) is 36.4 Å². The van der Waals surface area contributed by atoms with Crippen molar-refractivity contribution in [3.05, 3.63) is 26.2 Å². The number of carbonyl (C=O) groups is 3. The van der Waals surface area contributed by atoms with Crippen molar-refractivity contribution >= 4 is 57.5 Å². The van der Waals surface area contributed by atoms with Gasteiger partial charge in [0, 0.05) is 6.04 Å². The Morgan fingerprint density at radius 2 is 2.12 bits per heavy atom. The van der Waals surface area contributed by atoms with Crippen LogP contribution in [0.5, 0.6) is 11.5 Å². The topological polar surface area (TPSA) is 93.1 Å². The van der Waals surface area contributed by atoms with Crippen molar-refractivity contribution < 1.29 is 29.0 Å². The first-order valence-corrected chi connectivity index (χ1v) is 9.67. The number of amides is 2. The lowest BCUT2D eigenvalue weighted by Crippen LogP contribution is -2.36. The summed E-state index contributed by atoms with van der Waals surface area (Å²) in [6, 6.07) is 3.21. The molecule has 1 N–H and O–H groups in total. The van der Waals surface area contributed by atoms with Crippen LogP contribution in [0, 0.1) is 3.57 Å². The highest BCUT2D eigenvalue weighted by atomic mass is 127. The van der Waals surface area contributed by atoms with Crippen molar-refractivity contribution in [2.24, 2.45) is 0 Å². The second kappa shape index (κ2) is 8.76. The number of thioether (sulfide) groups is 1. The molecule has 1 aliphatic rings. The van der Waals surface area contributed by atoms with E-state index < -0.39 is 12.6 Å². The number of aliphatic carboxylic acids is 1. The van der Waals surface area contributed by atoms with Gasteiger partial charge < -0.3 is 14.6 Å². The van der Waals surface area contributed by atoms with Crippen molar-refractivity contribution in [2.45, 2.75) is 26.3 Å². The van der Waals surface area contributed by atoms with E-state index in [4.69, 9.17) is 14.6 Å². The molecule has 2 amide bonds. The van der Waals surface area contributed by atoms with Crippen LogP contribution in [0.3, 0.4) is 0 Å². The van der Waals surface area contributed by atoms with Gasteiger partial charge in [-0.15, -0.1) is 0 Å². The van der Waals surface area contributed by atoms with Gasteiger partial charge in [0.2, 0.25) is 0 Å². The summed E-state index contributed by atoms with van der Waals surface area (Å²) in [6.07, 6.45) is 2.31. The van der Waals surface area contributed by atoms with Gasteiger partial charge in [-0.1, -0.05) is 6.92 Å². The number of carbonyl (C=O) groups excluding carboxylic acids is 2. The molecule has 9 heteroatoms. The molecule has 1 heterocycles. The van der Waals surface area contributed by atoms with Crippen LogP contribution in [0.15, 0.2) is 17.0 Å². The maximum atomic E-state index is 12.5. The van der Waals surface area contributed by atoms with E-state index in [0.29, 0.717) is 32.0 Å². The van der Waals surface area contributed by atoms with Gasteiger partial charge in [-0.05, 0) is 71.5 Å². The zero-order valence-corrected chi connectivity index (χ0v) is 17.4. The van der Waals surface area contributed by atoms with Crippen LogP contribution in [0.2, 0.25) is 0 Å². The molecule has 0 bridgehead atoms. The number of hydrogen-bond acceptors (Lipinski definition) is 6. The fourth-order valence-electron chi connectivity index (χ4n) is 2.29. The Balaban J connectivity index is 2.33. The van der Waals surface area contributed by atoms with E-state index in [-0.39, 0.29) is 17.2 Å². The summed E-state index contributed by atoms with van der Waals surface area (Å²) in [5, 5.41) is 8.48. The zero-order chi connectivity index (χ0) is 19.4. The number of benzene rings is 1. The Kier molecular flexibility index (Phi) is 6.93. The van der Waals surface area contributed by atoms with Gasteiger partial charge in [-0.25, -0.2) is 4.79 Å². The first-order valence-electron chi connectivity index (χ1n) is 7.77. The molecule has 2 rings (SSSR count). The Bertz CT molecular complexity index is 779. The first-order chi connectivity index (χ1) is 12.3. The molecular weight excluding hydrogens is 473 g/mol. The number of hydrogen-bond donors (Lipinski definition) is 1. The highest BCUT2D eigenvalue weighted by molar-refractivity contribution is 14.1. The minimum atomic E-state index is -1.09. The summed E-state index contributed by atoms with van der Waals surface area (Å²) in [5.41, 5.74) is 0.656. The summed E-state index contributed by atoms with van der Waals surface area (Å²) < 4.78 is 11.2. The van der Waals surface area contributed by atoms with Crippen molar-refractivity contribution in [3.63, 3.8) is 0 Å². The Labute approximate surface area is 168 Å². The quantitative estimate of drug-likeness (QED) is 0.460. The summed E-state index contributed by atoms with van der Waals surface area (Å²) >= 11 is 2.91. The maximum Gasteiger partial charge on any atom is 0.341 e. The first kappa shape index (κ1) is 20.6. The molecule has 0 aromatic heterocycles. The lowest BCUT2D eigenvalue weighted by atomic mass is 10.1. The standard InChI is InChI=1S/C17H18INO6S/c1-4-9(2)19-16(22)13(26-17(19)23)7-10-5-11(18)15(12(6-10)24-3)25-8-14(20)21/h5-7,9H,4,8H2,1-3H3,(H,20,21)/b13-7+/t9-/m1/s1. The third-order valence-electron chi connectivity index (χ3n) is 3.74. The number of carboxylic acids is 1. The zero-order valence-electron chi connectivity index (χ0n) is 14.4. The minimum absolute atomic E-state index is 0.158. The number of rotatable bonds is 7. The van der Waals surface area contributed by atoms with Crippen molar-refractivity contribution in [2.75, 3.05) is 13.7 Å². The van der Waals surface area contributed by atoms with Gasteiger partial charge in [0.25, 0.3) is 11.1 Å². The molecule has 0 aliphatic carbocycles. The van der Waals surface area contributed by atoms with E-state index >= 15 is 0 Å². The van der Waals surface area contributed by atoms with E-state index in [2.05, 4.69) is 0 Å². The van der Waals surface area contributed by atoms with Crippen LogP contribution in [-0.2, 0) is 9.59 Å². The van der Waals surface area contributed by atoms with Gasteiger partial charge in [0.05, 0.1) is 15.6 Å². The van der Waals surface area contributed by atoms with E-state index in [1.165, 1.54) is 12.0 Å². The SMILES string of the molecule is CC[C@@H](C)N1C(=O)S/C(=C/c2cc(I)c(OCC(=O)O)c(OC)c2)C1=O. The number of halogens is 1. The number of carboxylic acid groups (broad SMARTS) is 1. The van der Waals surface area contributed by atoms with Crippen molar-refractivity contribution in [3.8, 4) is 11.5 Å². The third kappa shape index (κ3) is 4.50. The van der Waals surface area contributed by atoms with Crippen LogP contribution >= 0.6 is 34.4 Å². The molecule has 0 unspecified atom stereocenters. The largest absolute Gasteiger partial charge is 0.493 e. The average Bonchev–Trinajstić information content (AvgIpc) is 2.86. The van der Waals surface area contributed by atoms with E-state index in [9.17, 15) is 14.4 Å². The van der Waals surface area contributed by atoms with Crippen LogP contribution in [0.1, 0.15) is 25.8 Å². The summed E-state index contributed by atoms with van der Waals surface area (Å²) in [6.45, 7) is 3.26. The van der Waals surface area contributed by atoms with Crippen LogP contribution < -0.4 is 9.47 Å². The lowest BCUT2D eigenvalue weighted by molar-refractivity contribution is -0.139. The van der Waals surface area contributed by atoms with Gasteiger partial charge in [-0.3, -0.25) is 14.5 Å². The maximum absolute atomic E-state index is 12.5. The number of nitrogens with zero attached hydrogens (tertiary/aromatic N) is 1. The van der Waals surface area contributed by atoms with Gasteiger partial charge in [-0.2, -0.15) is 0 Å². The fourth-order valence-corrected chi connectivity index (χ4v) is 4.00. The molecule has 26 heavy (non-hydrogen) atoms. The summed E-state index contributed by atoms with van der Waals surface area (Å²) in [5.74, 6) is -0.730. The number of imide groups is 1. The van der Waals surface area contributed by atoms with Crippen molar-refractivity contribution in [1.29, 1.82) is 0 Å². The predicted molar refractivity (Wildman–Crippen MR) is 106 cm³/mol. The Hall–Kier alpha value is -1.75. The van der Waals surface area contributed by atoms with E-state index in [0.717, 1.165) is 11.8 Å². The van der Waals surface area contributed by atoms with Crippen LogP contribution in [0.25, 0.3) is 6.08 Å². The second-order valence-electron chi connectivity index (χ2n) is 5.53. The number of ether oxygens (including phenoxy) is 2. The van der Waals surface area contributed by atoms with Crippen LogP contribution in [-0.4, -0.2) is 46.9 Å². The van der Waals surface area contributed by atoms with Gasteiger partial charge in [0.15, 0.2) is 18.1 Å². The Morgan fingerprint density at radius 3 is 2.69 bits per heavy atom. The molecular formula is C17H18INO6S. The molecule has 0 spiro atoms. The fraction of sp³-hybridized carbons (Fsp3) is 0.353. The van der Waals surface area contributed by atoms with Gasteiger partial charge in [0.1, 0.15) is 0 Å². The van der Waals surface area contributed by atoms with Gasteiger partial charge >= 0.3 is 5.97 Å². The second-order valence-corrected chi connectivity index (χ2v) is 7.68. The molecule has 140 valence electrons. The summed E-state index contributed by atoms with van der Waals surface area (Å²) in [4.78, 5) is 36.9. The molecule has 0 saturated carbocycles. The molecule has 1 atom stereocenters. The smallest absolute Gasteiger partial charge is 0.341 e. The number of methoxy groups -OCH3 is 1. The molecule has 1 aromatic carbocycles. The monoisotopic (exact) mass is 491 g/mol. The molecule has 1 aromatic rings. The highest BCUT2D eigenvalue weighted by Crippen LogP contribution is 2.38. The van der Waals surface area contributed by atoms with Crippen molar-refractivity contribution in [1.82, 2.24) is 4.90 Å². The molecule has 1 saturated heterocycles. The average molecular weight is 491 g/mol.